The maximum atomic E-state index is 13.1. The van der Waals surface area contributed by atoms with Crippen molar-refractivity contribution in [3.05, 3.63) is 69.5 Å². The van der Waals surface area contributed by atoms with Crippen LogP contribution in [-0.2, 0) is 11.3 Å². The molecule has 0 heterocycles. The molecule has 2 rings (SSSR count). The van der Waals surface area contributed by atoms with E-state index in [1.54, 1.807) is 6.07 Å². The van der Waals surface area contributed by atoms with Gasteiger partial charge in [0.2, 0.25) is 0 Å². The summed E-state index contributed by atoms with van der Waals surface area (Å²) in [5.41, 5.74) is 0.351. The summed E-state index contributed by atoms with van der Waals surface area (Å²) in [6.45, 7) is -0.0662. The van der Waals surface area contributed by atoms with Gasteiger partial charge < -0.3 is 9.47 Å². The molecule has 0 bridgehead atoms. The molecule has 2 aromatic rings. The molecule has 0 spiro atoms. The summed E-state index contributed by atoms with van der Waals surface area (Å²) in [5.74, 6) is -1.15. The Balaban J connectivity index is 2.27. The highest BCUT2D eigenvalue weighted by molar-refractivity contribution is 5.90. The number of halogens is 1. The number of methoxy groups -OCH3 is 1. The second-order valence-corrected chi connectivity index (χ2v) is 4.35. The summed E-state index contributed by atoms with van der Waals surface area (Å²) in [5, 5.41) is 11.0. The van der Waals surface area contributed by atoms with Crippen LogP contribution in [0.2, 0.25) is 0 Å². The van der Waals surface area contributed by atoms with E-state index in [0.29, 0.717) is 5.56 Å². The standard InChI is InChI=1S/C15H12FNO5/c1-21-15(18)11-5-6-13(17(19)20)14(8-11)22-9-10-3-2-4-12(16)7-10/h2-8H,9H2,1H3. The van der Waals surface area contributed by atoms with Crippen LogP contribution in [0.25, 0.3) is 0 Å². The zero-order valence-corrected chi connectivity index (χ0v) is 11.6. The Labute approximate surface area is 125 Å². The van der Waals surface area contributed by atoms with Crippen LogP contribution < -0.4 is 4.74 Å². The first-order valence-corrected chi connectivity index (χ1v) is 6.25. The molecule has 0 atom stereocenters. The SMILES string of the molecule is COC(=O)c1ccc([N+](=O)[O-])c(OCc2cccc(F)c2)c1. The van der Waals surface area contributed by atoms with Gasteiger partial charge in [-0.15, -0.1) is 0 Å². The summed E-state index contributed by atoms with van der Waals surface area (Å²) in [6.07, 6.45) is 0. The maximum Gasteiger partial charge on any atom is 0.337 e. The van der Waals surface area contributed by atoms with Gasteiger partial charge >= 0.3 is 11.7 Å². The lowest BCUT2D eigenvalue weighted by Gasteiger charge is -2.08. The zero-order chi connectivity index (χ0) is 16.1. The Hall–Kier alpha value is -2.96. The largest absolute Gasteiger partial charge is 0.482 e. The van der Waals surface area contributed by atoms with E-state index in [4.69, 9.17) is 4.74 Å². The molecular formula is C15H12FNO5. The van der Waals surface area contributed by atoms with Crippen molar-refractivity contribution in [2.24, 2.45) is 0 Å². The fourth-order valence-corrected chi connectivity index (χ4v) is 1.81. The van der Waals surface area contributed by atoms with E-state index in [2.05, 4.69) is 4.74 Å². The number of carbonyl (C=O) groups excluding carboxylic acids is 1. The van der Waals surface area contributed by atoms with Crippen LogP contribution in [0.4, 0.5) is 10.1 Å². The van der Waals surface area contributed by atoms with Gasteiger partial charge in [0.05, 0.1) is 17.6 Å². The van der Waals surface area contributed by atoms with Crippen LogP contribution in [0.3, 0.4) is 0 Å². The second-order valence-electron chi connectivity index (χ2n) is 4.35. The third-order valence-electron chi connectivity index (χ3n) is 2.86. The van der Waals surface area contributed by atoms with E-state index in [1.165, 1.54) is 37.4 Å². The molecule has 0 N–H and O–H groups in total. The van der Waals surface area contributed by atoms with Gasteiger partial charge in [0.15, 0.2) is 5.75 Å². The predicted octanol–water partition coefficient (Wildman–Crippen LogP) is 3.10. The third-order valence-corrected chi connectivity index (χ3v) is 2.86. The minimum atomic E-state index is -0.634. The van der Waals surface area contributed by atoms with E-state index < -0.39 is 16.7 Å². The van der Waals surface area contributed by atoms with Crippen LogP contribution in [-0.4, -0.2) is 18.0 Å². The molecule has 7 heteroatoms. The molecule has 0 amide bonds. The first kappa shape index (κ1) is 15.4. The maximum absolute atomic E-state index is 13.1. The number of nitrogens with zero attached hydrogens (tertiary/aromatic N) is 1. The lowest BCUT2D eigenvalue weighted by Crippen LogP contribution is -2.04. The molecule has 0 fully saturated rings. The van der Waals surface area contributed by atoms with Gasteiger partial charge in [-0.2, -0.15) is 0 Å². The van der Waals surface area contributed by atoms with Crippen LogP contribution in [0, 0.1) is 15.9 Å². The Bertz CT molecular complexity index is 717. The smallest absolute Gasteiger partial charge is 0.337 e. The highest BCUT2D eigenvalue weighted by atomic mass is 19.1. The molecular weight excluding hydrogens is 293 g/mol. The molecule has 0 aliphatic heterocycles. The van der Waals surface area contributed by atoms with Crippen molar-refractivity contribution in [3.8, 4) is 5.75 Å². The number of esters is 1. The lowest BCUT2D eigenvalue weighted by molar-refractivity contribution is -0.385. The van der Waals surface area contributed by atoms with Gasteiger partial charge in [-0.1, -0.05) is 12.1 Å². The van der Waals surface area contributed by atoms with Crippen molar-refractivity contribution >= 4 is 11.7 Å². The topological polar surface area (TPSA) is 78.7 Å². The van der Waals surface area contributed by atoms with Crippen LogP contribution in [0.5, 0.6) is 5.75 Å². The number of benzene rings is 2. The minimum Gasteiger partial charge on any atom is -0.482 e. The van der Waals surface area contributed by atoms with Gasteiger partial charge in [-0.3, -0.25) is 10.1 Å². The molecule has 0 saturated heterocycles. The number of ether oxygens (including phenoxy) is 2. The molecule has 2 aromatic carbocycles. The lowest BCUT2D eigenvalue weighted by atomic mass is 10.2. The van der Waals surface area contributed by atoms with Crippen LogP contribution in [0.15, 0.2) is 42.5 Å². The minimum absolute atomic E-state index is 0.0662. The van der Waals surface area contributed by atoms with Gasteiger partial charge in [0.1, 0.15) is 12.4 Å². The molecule has 0 aliphatic carbocycles. The summed E-state index contributed by atoms with van der Waals surface area (Å²) in [6, 6.07) is 9.33. The Morgan fingerprint density at radius 2 is 2.05 bits per heavy atom. The fourth-order valence-electron chi connectivity index (χ4n) is 1.81. The summed E-state index contributed by atoms with van der Waals surface area (Å²) >= 11 is 0. The van der Waals surface area contributed by atoms with Crippen molar-refractivity contribution in [2.75, 3.05) is 7.11 Å². The summed E-state index contributed by atoms with van der Waals surface area (Å²) < 4.78 is 23.0. The second kappa shape index (κ2) is 6.66. The van der Waals surface area contributed by atoms with Gasteiger partial charge in [-0.25, -0.2) is 9.18 Å². The molecule has 6 nitrogen and oxygen atoms in total. The van der Waals surface area contributed by atoms with E-state index in [0.717, 1.165) is 6.07 Å². The van der Waals surface area contributed by atoms with E-state index in [9.17, 15) is 19.3 Å². The summed E-state index contributed by atoms with van der Waals surface area (Å²) in [7, 11) is 1.21. The number of carbonyl (C=O) groups is 1. The number of nitro groups is 1. The van der Waals surface area contributed by atoms with Crippen molar-refractivity contribution in [3.63, 3.8) is 0 Å². The average Bonchev–Trinajstić information content (AvgIpc) is 2.51. The number of nitro benzene ring substituents is 1. The Kier molecular flexibility index (Phi) is 4.67. The van der Waals surface area contributed by atoms with Gasteiger partial charge in [0, 0.05) is 12.1 Å². The fraction of sp³-hybridized carbons (Fsp3) is 0.133. The Morgan fingerprint density at radius 1 is 1.27 bits per heavy atom. The highest BCUT2D eigenvalue weighted by Gasteiger charge is 2.18. The molecule has 0 aliphatic rings. The van der Waals surface area contributed by atoms with Crippen molar-refractivity contribution < 1.29 is 23.6 Å². The zero-order valence-electron chi connectivity index (χ0n) is 11.6. The van der Waals surface area contributed by atoms with Crippen LogP contribution >= 0.6 is 0 Å². The van der Waals surface area contributed by atoms with E-state index in [1.807, 2.05) is 0 Å². The molecule has 0 unspecified atom stereocenters. The van der Waals surface area contributed by atoms with Gasteiger partial charge in [-0.05, 0) is 23.8 Å². The van der Waals surface area contributed by atoms with Crippen molar-refractivity contribution in [1.82, 2.24) is 0 Å². The van der Waals surface area contributed by atoms with Crippen molar-refractivity contribution in [2.45, 2.75) is 6.61 Å². The first-order valence-electron chi connectivity index (χ1n) is 6.25. The molecule has 114 valence electrons. The molecule has 22 heavy (non-hydrogen) atoms. The number of hydrogen-bond acceptors (Lipinski definition) is 5. The third kappa shape index (κ3) is 3.57. The van der Waals surface area contributed by atoms with E-state index >= 15 is 0 Å². The van der Waals surface area contributed by atoms with Crippen LogP contribution in [0.1, 0.15) is 15.9 Å². The van der Waals surface area contributed by atoms with Gasteiger partial charge in [0.25, 0.3) is 0 Å². The molecule has 0 saturated carbocycles. The normalized spacial score (nSPS) is 10.1. The monoisotopic (exact) mass is 305 g/mol. The number of rotatable bonds is 5. The quantitative estimate of drug-likeness (QED) is 0.482. The summed E-state index contributed by atoms with van der Waals surface area (Å²) in [4.78, 5) is 21.8. The van der Waals surface area contributed by atoms with Crippen molar-refractivity contribution in [1.29, 1.82) is 0 Å². The molecule has 0 radical (unpaired) electrons. The first-order chi connectivity index (χ1) is 10.5. The van der Waals surface area contributed by atoms with E-state index in [-0.39, 0.29) is 23.6 Å². The number of hydrogen-bond donors (Lipinski definition) is 0. The predicted molar refractivity (Wildman–Crippen MR) is 75.2 cm³/mol. The average molecular weight is 305 g/mol. The Morgan fingerprint density at radius 3 is 2.68 bits per heavy atom. The molecule has 0 aromatic heterocycles. The highest BCUT2D eigenvalue weighted by Crippen LogP contribution is 2.29.